The number of benzene rings is 2. The molecule has 0 N–H and O–H groups in total. The minimum atomic E-state index is -1.17. The van der Waals surface area contributed by atoms with Gasteiger partial charge in [-0.25, -0.2) is 5.01 Å². The van der Waals surface area contributed by atoms with Crippen LogP contribution in [0.3, 0.4) is 0 Å². The van der Waals surface area contributed by atoms with Gasteiger partial charge in [-0.15, -0.1) is 0 Å². The van der Waals surface area contributed by atoms with Crippen LogP contribution in [0.25, 0.3) is 0 Å². The molecule has 0 aromatic heterocycles. The molecule has 2 aromatic carbocycles. The van der Waals surface area contributed by atoms with Gasteiger partial charge in [0.2, 0.25) is 5.91 Å². The second-order valence-electron chi connectivity index (χ2n) is 7.20. The van der Waals surface area contributed by atoms with E-state index in [2.05, 4.69) is 5.10 Å². The maximum atomic E-state index is 12.9. The maximum absolute atomic E-state index is 12.9. The SMILES string of the molecule is COc1ccc(OC)c([C@H]2CC(c3ccc(C)cc3)=NN2C(=O)CCCC(=O)[O-])c1. The fourth-order valence-electron chi connectivity index (χ4n) is 3.50. The number of hydrazone groups is 1. The first-order valence-corrected chi connectivity index (χ1v) is 9.81. The molecule has 0 aliphatic carbocycles. The summed E-state index contributed by atoms with van der Waals surface area (Å²) in [7, 11) is 3.16. The second-order valence-corrected chi connectivity index (χ2v) is 7.20. The molecule has 30 heavy (non-hydrogen) atoms. The Kier molecular flexibility index (Phi) is 6.72. The molecule has 0 radical (unpaired) electrons. The molecule has 0 unspecified atom stereocenters. The van der Waals surface area contributed by atoms with Crippen LogP contribution < -0.4 is 14.6 Å². The lowest BCUT2D eigenvalue weighted by Crippen LogP contribution is -2.28. The van der Waals surface area contributed by atoms with Crippen molar-refractivity contribution in [2.75, 3.05) is 14.2 Å². The molecule has 0 saturated carbocycles. The molecule has 7 nitrogen and oxygen atoms in total. The van der Waals surface area contributed by atoms with E-state index in [0.717, 1.165) is 22.4 Å². The number of methoxy groups -OCH3 is 2. The van der Waals surface area contributed by atoms with E-state index in [1.165, 1.54) is 5.01 Å². The Morgan fingerprint density at radius 1 is 1.10 bits per heavy atom. The Morgan fingerprint density at radius 2 is 1.83 bits per heavy atom. The van der Waals surface area contributed by atoms with Crippen molar-refractivity contribution in [1.82, 2.24) is 5.01 Å². The average molecular weight is 409 g/mol. The lowest BCUT2D eigenvalue weighted by Gasteiger charge is -2.24. The van der Waals surface area contributed by atoms with E-state index < -0.39 is 5.97 Å². The van der Waals surface area contributed by atoms with E-state index in [-0.39, 0.29) is 31.2 Å². The maximum Gasteiger partial charge on any atom is 0.243 e. The number of ether oxygens (including phenoxy) is 2. The minimum absolute atomic E-state index is 0.0709. The second kappa shape index (κ2) is 9.43. The molecule has 158 valence electrons. The number of aryl methyl sites for hydroxylation is 1. The van der Waals surface area contributed by atoms with Crippen LogP contribution >= 0.6 is 0 Å². The molecule has 3 rings (SSSR count). The molecule has 1 amide bonds. The highest BCUT2D eigenvalue weighted by Gasteiger charge is 2.34. The summed E-state index contributed by atoms with van der Waals surface area (Å²) >= 11 is 0. The van der Waals surface area contributed by atoms with E-state index in [1.807, 2.05) is 37.3 Å². The van der Waals surface area contributed by atoms with Gasteiger partial charge in [0.1, 0.15) is 11.5 Å². The fourth-order valence-corrected chi connectivity index (χ4v) is 3.50. The van der Waals surface area contributed by atoms with Crippen LogP contribution in [0.1, 0.15) is 48.4 Å². The van der Waals surface area contributed by atoms with Gasteiger partial charge >= 0.3 is 0 Å². The number of hydrogen-bond donors (Lipinski definition) is 0. The first kappa shape index (κ1) is 21.4. The Morgan fingerprint density at radius 3 is 2.47 bits per heavy atom. The average Bonchev–Trinajstić information content (AvgIpc) is 3.18. The third-order valence-corrected chi connectivity index (χ3v) is 5.12. The molecular formula is C23H25N2O5-. The predicted octanol–water partition coefficient (Wildman–Crippen LogP) is 2.61. The van der Waals surface area contributed by atoms with E-state index in [4.69, 9.17) is 9.47 Å². The standard InChI is InChI=1S/C23H26N2O5/c1-15-7-9-16(10-8-15)19-14-20(18-13-17(29-2)11-12-21(18)30-3)25(24-19)22(26)5-4-6-23(27)28/h7-13,20H,4-6,14H2,1-3H3,(H,27,28)/p-1/t20-/m1/s1. The number of aliphatic carboxylic acids is 1. The van der Waals surface area contributed by atoms with E-state index in [0.29, 0.717) is 17.9 Å². The quantitative estimate of drug-likeness (QED) is 0.668. The summed E-state index contributed by atoms with van der Waals surface area (Å²) in [6.45, 7) is 2.01. The molecule has 7 heteroatoms. The highest BCUT2D eigenvalue weighted by atomic mass is 16.5. The van der Waals surface area contributed by atoms with Crippen LogP contribution in [-0.2, 0) is 9.59 Å². The summed E-state index contributed by atoms with van der Waals surface area (Å²) in [5, 5.41) is 16.8. The summed E-state index contributed by atoms with van der Waals surface area (Å²) in [6.07, 6.45) is 0.622. The number of carbonyl (C=O) groups is 2. The first-order valence-electron chi connectivity index (χ1n) is 9.81. The van der Waals surface area contributed by atoms with Gasteiger partial charge in [-0.1, -0.05) is 29.8 Å². The number of carbonyl (C=O) groups excluding carboxylic acids is 2. The van der Waals surface area contributed by atoms with Crippen molar-refractivity contribution in [3.63, 3.8) is 0 Å². The number of amides is 1. The molecule has 0 fully saturated rings. The van der Waals surface area contributed by atoms with Crippen molar-refractivity contribution in [2.24, 2.45) is 5.10 Å². The van der Waals surface area contributed by atoms with Gasteiger partial charge in [0.15, 0.2) is 0 Å². The van der Waals surface area contributed by atoms with Crippen molar-refractivity contribution in [3.8, 4) is 11.5 Å². The summed E-state index contributed by atoms with van der Waals surface area (Å²) in [5.41, 5.74) is 3.66. The molecule has 1 heterocycles. The Labute approximate surface area is 175 Å². The van der Waals surface area contributed by atoms with Crippen LogP contribution in [0.4, 0.5) is 0 Å². The topological polar surface area (TPSA) is 91.3 Å². The van der Waals surface area contributed by atoms with E-state index >= 15 is 0 Å². The Hall–Kier alpha value is -3.35. The highest BCUT2D eigenvalue weighted by molar-refractivity contribution is 6.03. The highest BCUT2D eigenvalue weighted by Crippen LogP contribution is 2.39. The predicted molar refractivity (Wildman–Crippen MR) is 110 cm³/mol. The Bertz CT molecular complexity index is 953. The zero-order chi connectivity index (χ0) is 21.7. The largest absolute Gasteiger partial charge is 0.550 e. The van der Waals surface area contributed by atoms with Gasteiger partial charge in [-0.3, -0.25) is 4.79 Å². The van der Waals surface area contributed by atoms with Gasteiger partial charge in [0.05, 0.1) is 26.0 Å². The van der Waals surface area contributed by atoms with Crippen LogP contribution in [0, 0.1) is 6.92 Å². The third-order valence-electron chi connectivity index (χ3n) is 5.12. The van der Waals surface area contributed by atoms with Gasteiger partial charge in [-0.2, -0.15) is 5.10 Å². The monoisotopic (exact) mass is 409 g/mol. The smallest absolute Gasteiger partial charge is 0.243 e. The lowest BCUT2D eigenvalue weighted by molar-refractivity contribution is -0.305. The van der Waals surface area contributed by atoms with E-state index in [1.54, 1.807) is 26.4 Å². The molecule has 1 atom stereocenters. The van der Waals surface area contributed by atoms with E-state index in [9.17, 15) is 14.7 Å². The van der Waals surface area contributed by atoms with Crippen molar-refractivity contribution in [3.05, 3.63) is 59.2 Å². The zero-order valence-corrected chi connectivity index (χ0v) is 17.4. The van der Waals surface area contributed by atoms with Crippen molar-refractivity contribution in [1.29, 1.82) is 0 Å². The van der Waals surface area contributed by atoms with Gasteiger partial charge in [0.25, 0.3) is 0 Å². The Balaban J connectivity index is 1.95. The fraction of sp³-hybridized carbons (Fsp3) is 0.348. The van der Waals surface area contributed by atoms with Gasteiger partial charge in [0, 0.05) is 24.4 Å². The minimum Gasteiger partial charge on any atom is -0.550 e. The van der Waals surface area contributed by atoms with Crippen molar-refractivity contribution < 1.29 is 24.2 Å². The zero-order valence-electron chi connectivity index (χ0n) is 17.4. The number of rotatable bonds is 8. The molecular weight excluding hydrogens is 384 g/mol. The van der Waals surface area contributed by atoms with Crippen molar-refractivity contribution >= 4 is 17.6 Å². The van der Waals surface area contributed by atoms with Crippen molar-refractivity contribution in [2.45, 2.75) is 38.6 Å². The molecule has 1 aliphatic heterocycles. The molecule has 2 aromatic rings. The summed E-state index contributed by atoms with van der Waals surface area (Å²) in [5.74, 6) is -0.125. The molecule has 0 bridgehead atoms. The number of carboxylic acid groups (broad SMARTS) is 1. The molecule has 0 spiro atoms. The van der Waals surface area contributed by atoms with Crippen LogP contribution in [0.5, 0.6) is 11.5 Å². The summed E-state index contributed by atoms with van der Waals surface area (Å²) in [4.78, 5) is 23.6. The molecule has 1 aliphatic rings. The molecule has 0 saturated heterocycles. The summed E-state index contributed by atoms with van der Waals surface area (Å²) < 4.78 is 10.9. The summed E-state index contributed by atoms with van der Waals surface area (Å²) in [6, 6.07) is 13.0. The third kappa shape index (κ3) is 4.79. The van der Waals surface area contributed by atoms with Crippen LogP contribution in [0.2, 0.25) is 0 Å². The van der Waals surface area contributed by atoms with Gasteiger partial charge < -0.3 is 19.4 Å². The van der Waals surface area contributed by atoms with Crippen LogP contribution in [0.15, 0.2) is 47.6 Å². The number of nitrogens with zero attached hydrogens (tertiary/aromatic N) is 2. The first-order chi connectivity index (χ1) is 14.4. The lowest BCUT2D eigenvalue weighted by atomic mass is 9.96. The number of carboxylic acids is 1. The van der Waals surface area contributed by atoms with Crippen LogP contribution in [-0.4, -0.2) is 36.8 Å². The van der Waals surface area contributed by atoms with Gasteiger partial charge in [-0.05, 0) is 43.5 Å². The number of hydrogen-bond acceptors (Lipinski definition) is 6. The normalized spacial score (nSPS) is 15.6.